The summed E-state index contributed by atoms with van der Waals surface area (Å²) in [5, 5.41) is 2.59. The summed E-state index contributed by atoms with van der Waals surface area (Å²) in [6.45, 7) is 6.24. The van der Waals surface area contributed by atoms with E-state index in [0.717, 1.165) is 6.42 Å². The normalized spacial score (nSPS) is 10.7. The number of carbonyl (C=O) groups excluding carboxylic acids is 1. The third-order valence-corrected chi connectivity index (χ3v) is 1.22. The zero-order chi connectivity index (χ0) is 7.82. The molecule has 0 radical (unpaired) electrons. The molecular formula is C8H13NO. The summed E-state index contributed by atoms with van der Waals surface area (Å²) in [4.78, 5) is 9.87. The van der Waals surface area contributed by atoms with Crippen molar-refractivity contribution in [3.05, 3.63) is 24.3 Å². The predicted octanol–water partition coefficient (Wildman–Crippen LogP) is 1.25. The predicted molar refractivity (Wildman–Crippen MR) is 42.6 cm³/mol. The number of hydrogen-bond acceptors (Lipinski definition) is 1. The van der Waals surface area contributed by atoms with Crippen LogP contribution in [0.25, 0.3) is 0 Å². The van der Waals surface area contributed by atoms with Crippen LogP contribution in [-0.2, 0) is 4.79 Å². The van der Waals surface area contributed by atoms with Gasteiger partial charge in [0.25, 0.3) is 0 Å². The summed E-state index contributed by atoms with van der Waals surface area (Å²) in [6.07, 6.45) is 5.29. The van der Waals surface area contributed by atoms with Gasteiger partial charge in [-0.2, -0.15) is 0 Å². The Balaban J connectivity index is 3.70. The quantitative estimate of drug-likeness (QED) is 0.451. The molecule has 0 saturated carbocycles. The van der Waals surface area contributed by atoms with E-state index >= 15 is 0 Å². The number of allylic oxidation sites excluding steroid dienone is 2. The lowest BCUT2D eigenvalue weighted by molar-refractivity contribution is -0.109. The second kappa shape index (κ2) is 6.08. The van der Waals surface area contributed by atoms with Crippen molar-refractivity contribution in [1.82, 2.24) is 5.32 Å². The molecule has 0 aliphatic carbocycles. The van der Waals surface area contributed by atoms with Crippen molar-refractivity contribution in [2.24, 2.45) is 0 Å². The molecule has 0 heterocycles. The third-order valence-electron chi connectivity index (χ3n) is 1.22. The summed E-state index contributed by atoms with van der Waals surface area (Å²) < 4.78 is 0. The van der Waals surface area contributed by atoms with Gasteiger partial charge in [-0.1, -0.05) is 31.2 Å². The van der Waals surface area contributed by atoms with Gasteiger partial charge in [-0.25, -0.2) is 0 Å². The van der Waals surface area contributed by atoms with E-state index in [9.17, 15) is 4.79 Å². The van der Waals surface area contributed by atoms with Crippen molar-refractivity contribution in [2.45, 2.75) is 13.3 Å². The van der Waals surface area contributed by atoms with Gasteiger partial charge in [-0.3, -0.25) is 4.79 Å². The van der Waals surface area contributed by atoms with E-state index in [-0.39, 0.29) is 0 Å². The molecule has 0 aliphatic rings. The molecule has 0 aliphatic heterocycles. The maximum absolute atomic E-state index is 9.87. The monoisotopic (exact) mass is 139 g/mol. The molecule has 2 nitrogen and oxygen atoms in total. The molecule has 1 amide bonds. The molecule has 2 heteroatoms. The first-order valence-electron chi connectivity index (χ1n) is 3.32. The van der Waals surface area contributed by atoms with E-state index in [1.54, 1.807) is 6.08 Å². The molecule has 0 atom stereocenters. The molecule has 0 spiro atoms. The lowest BCUT2D eigenvalue weighted by Crippen LogP contribution is -2.13. The Morgan fingerprint density at radius 2 is 2.40 bits per heavy atom. The molecule has 0 aromatic rings. The average molecular weight is 139 g/mol. The highest BCUT2D eigenvalue weighted by Crippen LogP contribution is 1.97. The van der Waals surface area contributed by atoms with Crippen molar-refractivity contribution < 1.29 is 4.79 Å². The Morgan fingerprint density at radius 1 is 1.70 bits per heavy atom. The Bertz CT molecular complexity index is 138. The van der Waals surface area contributed by atoms with Crippen LogP contribution >= 0.6 is 0 Å². The SMILES string of the molecule is C=C/C=C(\CC)CNC=O. The van der Waals surface area contributed by atoms with Crippen LogP contribution in [0.1, 0.15) is 13.3 Å². The van der Waals surface area contributed by atoms with Crippen LogP contribution in [0.15, 0.2) is 24.3 Å². The van der Waals surface area contributed by atoms with Crippen LogP contribution in [-0.4, -0.2) is 13.0 Å². The van der Waals surface area contributed by atoms with E-state index < -0.39 is 0 Å². The highest BCUT2D eigenvalue weighted by molar-refractivity contribution is 5.46. The Labute approximate surface area is 61.6 Å². The van der Waals surface area contributed by atoms with E-state index in [4.69, 9.17) is 0 Å². The highest BCUT2D eigenvalue weighted by atomic mass is 16.1. The average Bonchev–Trinajstić information content (AvgIpc) is 1.98. The molecule has 0 unspecified atom stereocenters. The zero-order valence-electron chi connectivity index (χ0n) is 6.26. The van der Waals surface area contributed by atoms with Crippen LogP contribution < -0.4 is 5.32 Å². The largest absolute Gasteiger partial charge is 0.355 e. The lowest BCUT2D eigenvalue weighted by atomic mass is 10.2. The van der Waals surface area contributed by atoms with Crippen LogP contribution in [0.3, 0.4) is 0 Å². The Kier molecular flexibility index (Phi) is 5.44. The van der Waals surface area contributed by atoms with Crippen molar-refractivity contribution in [2.75, 3.05) is 6.54 Å². The van der Waals surface area contributed by atoms with Gasteiger partial charge in [-0.15, -0.1) is 0 Å². The summed E-state index contributed by atoms with van der Waals surface area (Å²) in [6, 6.07) is 0. The van der Waals surface area contributed by atoms with Crippen LogP contribution in [0.5, 0.6) is 0 Å². The van der Waals surface area contributed by atoms with Crippen LogP contribution in [0.2, 0.25) is 0 Å². The fourth-order valence-electron chi connectivity index (χ4n) is 0.641. The molecule has 0 aromatic heterocycles. The molecule has 56 valence electrons. The second-order valence-corrected chi connectivity index (χ2v) is 1.91. The van der Waals surface area contributed by atoms with Gasteiger partial charge < -0.3 is 5.32 Å². The van der Waals surface area contributed by atoms with E-state index in [1.807, 2.05) is 13.0 Å². The van der Waals surface area contributed by atoms with Crippen molar-refractivity contribution in [1.29, 1.82) is 0 Å². The van der Waals surface area contributed by atoms with E-state index in [1.165, 1.54) is 5.57 Å². The van der Waals surface area contributed by atoms with Crippen molar-refractivity contribution in [3.8, 4) is 0 Å². The van der Waals surface area contributed by atoms with E-state index in [2.05, 4.69) is 11.9 Å². The molecular weight excluding hydrogens is 126 g/mol. The minimum Gasteiger partial charge on any atom is -0.355 e. The molecule has 0 saturated heterocycles. The molecule has 0 aromatic carbocycles. The molecule has 0 fully saturated rings. The standard InChI is InChI=1S/C8H13NO/c1-3-5-8(4-2)6-9-7-10/h3,5,7H,1,4,6H2,2H3,(H,9,10)/b8-5+. The van der Waals surface area contributed by atoms with Crippen molar-refractivity contribution in [3.63, 3.8) is 0 Å². The number of carbonyl (C=O) groups is 1. The van der Waals surface area contributed by atoms with Crippen LogP contribution in [0.4, 0.5) is 0 Å². The third kappa shape index (κ3) is 3.89. The van der Waals surface area contributed by atoms with Gasteiger partial charge in [0, 0.05) is 6.54 Å². The van der Waals surface area contributed by atoms with Gasteiger partial charge in [-0.05, 0) is 6.42 Å². The molecule has 0 rings (SSSR count). The summed E-state index contributed by atoms with van der Waals surface area (Å²) in [5.41, 5.74) is 1.18. The molecule has 0 bridgehead atoms. The van der Waals surface area contributed by atoms with Gasteiger partial charge >= 0.3 is 0 Å². The maximum atomic E-state index is 9.87. The minimum atomic E-state index is 0.631. The topological polar surface area (TPSA) is 29.1 Å². The molecule has 1 N–H and O–H groups in total. The van der Waals surface area contributed by atoms with Crippen molar-refractivity contribution >= 4 is 6.41 Å². The van der Waals surface area contributed by atoms with E-state index in [0.29, 0.717) is 13.0 Å². The number of amides is 1. The fraction of sp³-hybridized carbons (Fsp3) is 0.375. The number of hydrogen-bond donors (Lipinski definition) is 1. The van der Waals surface area contributed by atoms with Gasteiger partial charge in [0.2, 0.25) is 6.41 Å². The first-order valence-corrected chi connectivity index (χ1v) is 3.32. The van der Waals surface area contributed by atoms with Gasteiger partial charge in [0.15, 0.2) is 0 Å². The lowest BCUT2D eigenvalue weighted by Gasteiger charge is -1.99. The zero-order valence-corrected chi connectivity index (χ0v) is 6.26. The highest BCUT2D eigenvalue weighted by Gasteiger charge is 1.88. The maximum Gasteiger partial charge on any atom is 0.207 e. The molecule has 10 heavy (non-hydrogen) atoms. The van der Waals surface area contributed by atoms with Crippen LogP contribution in [0, 0.1) is 0 Å². The Hall–Kier alpha value is -1.05. The number of nitrogens with one attached hydrogen (secondary N) is 1. The summed E-state index contributed by atoms with van der Waals surface area (Å²) in [5.74, 6) is 0. The minimum absolute atomic E-state index is 0.631. The smallest absolute Gasteiger partial charge is 0.207 e. The first kappa shape index (κ1) is 8.95. The summed E-state index contributed by atoms with van der Waals surface area (Å²) in [7, 11) is 0. The first-order chi connectivity index (χ1) is 4.85. The fourth-order valence-corrected chi connectivity index (χ4v) is 0.641. The second-order valence-electron chi connectivity index (χ2n) is 1.91. The Morgan fingerprint density at radius 3 is 2.80 bits per heavy atom. The van der Waals surface area contributed by atoms with Gasteiger partial charge in [0.05, 0.1) is 0 Å². The summed E-state index contributed by atoms with van der Waals surface area (Å²) >= 11 is 0. The number of rotatable bonds is 5. The van der Waals surface area contributed by atoms with Gasteiger partial charge in [0.1, 0.15) is 0 Å².